The zero-order chi connectivity index (χ0) is 15.6. The summed E-state index contributed by atoms with van der Waals surface area (Å²) in [4.78, 5) is 25.1. The third-order valence-corrected chi connectivity index (χ3v) is 3.77. The fourth-order valence-electron chi connectivity index (χ4n) is 2.56. The van der Waals surface area contributed by atoms with Crippen LogP contribution in [0.25, 0.3) is 0 Å². The number of carbonyl (C=O) groups excluding carboxylic acids is 1. The van der Waals surface area contributed by atoms with Crippen molar-refractivity contribution in [2.24, 2.45) is 0 Å². The highest BCUT2D eigenvalue weighted by Crippen LogP contribution is 2.28. The summed E-state index contributed by atoms with van der Waals surface area (Å²) in [5.74, 6) is 2.15. The van der Waals surface area contributed by atoms with Gasteiger partial charge in [0.1, 0.15) is 23.8 Å². The van der Waals surface area contributed by atoms with Gasteiger partial charge in [-0.2, -0.15) is 0 Å². The number of nitrogens with zero attached hydrogens (tertiary/aromatic N) is 4. The summed E-state index contributed by atoms with van der Waals surface area (Å²) in [5, 5.41) is 3.02. The van der Waals surface area contributed by atoms with E-state index in [0.29, 0.717) is 24.8 Å². The fraction of sp³-hybridized carbons (Fsp3) is 0.643. The van der Waals surface area contributed by atoms with Crippen molar-refractivity contribution in [3.05, 3.63) is 11.9 Å². The van der Waals surface area contributed by atoms with Gasteiger partial charge in [-0.05, 0) is 13.8 Å². The summed E-state index contributed by atoms with van der Waals surface area (Å²) >= 11 is 0. The van der Waals surface area contributed by atoms with Gasteiger partial charge in [0.25, 0.3) is 0 Å². The van der Waals surface area contributed by atoms with E-state index < -0.39 is 5.54 Å². The summed E-state index contributed by atoms with van der Waals surface area (Å²) in [6.45, 7) is 5.59. The number of nitrogens with one attached hydrogen (secondary N) is 1. The van der Waals surface area contributed by atoms with Gasteiger partial charge < -0.3 is 19.9 Å². The van der Waals surface area contributed by atoms with Crippen molar-refractivity contribution in [1.29, 1.82) is 0 Å². The molecule has 1 amide bonds. The van der Waals surface area contributed by atoms with E-state index in [1.54, 1.807) is 12.0 Å². The van der Waals surface area contributed by atoms with Crippen LogP contribution in [-0.4, -0.2) is 60.6 Å². The molecule has 7 nitrogen and oxygen atoms in total. The molecular formula is C14H23N5O2. The number of likely N-dealkylation sites (N-methyl/N-ethyl adjacent to an activating group) is 1. The van der Waals surface area contributed by atoms with E-state index >= 15 is 0 Å². The van der Waals surface area contributed by atoms with Crippen LogP contribution in [0.3, 0.4) is 0 Å². The number of methoxy groups -OCH3 is 1. The Hall–Kier alpha value is -1.89. The number of aromatic nitrogens is 2. The highest BCUT2D eigenvalue weighted by Gasteiger charge is 2.41. The first-order valence-corrected chi connectivity index (χ1v) is 6.98. The van der Waals surface area contributed by atoms with E-state index in [0.717, 1.165) is 12.4 Å². The predicted octanol–water partition coefficient (Wildman–Crippen LogP) is 0.722. The van der Waals surface area contributed by atoms with Gasteiger partial charge in [0, 0.05) is 40.4 Å². The average molecular weight is 293 g/mol. The van der Waals surface area contributed by atoms with Gasteiger partial charge in [0.2, 0.25) is 5.91 Å². The molecular weight excluding hydrogens is 270 g/mol. The molecule has 1 aliphatic rings. The number of ether oxygens (including phenoxy) is 1. The van der Waals surface area contributed by atoms with Gasteiger partial charge in [0.15, 0.2) is 5.82 Å². The summed E-state index contributed by atoms with van der Waals surface area (Å²) in [6, 6.07) is 1.86. The second-order valence-electron chi connectivity index (χ2n) is 5.65. The summed E-state index contributed by atoms with van der Waals surface area (Å²) < 4.78 is 5.11. The SMILES string of the molecule is CNc1cc(N2CCN(C)C(=O)C2(C)C)nc(COC)n1. The molecule has 1 saturated heterocycles. The van der Waals surface area contributed by atoms with Gasteiger partial charge in [-0.1, -0.05) is 0 Å². The van der Waals surface area contributed by atoms with Gasteiger partial charge in [-0.15, -0.1) is 0 Å². The fourth-order valence-corrected chi connectivity index (χ4v) is 2.56. The Balaban J connectivity index is 2.40. The highest BCUT2D eigenvalue weighted by atomic mass is 16.5. The van der Waals surface area contributed by atoms with Crippen LogP contribution in [-0.2, 0) is 16.1 Å². The molecule has 1 aromatic rings. The van der Waals surface area contributed by atoms with Crippen molar-refractivity contribution >= 4 is 17.5 Å². The van der Waals surface area contributed by atoms with Crippen LogP contribution in [0.5, 0.6) is 0 Å². The van der Waals surface area contributed by atoms with Crippen LogP contribution in [0.15, 0.2) is 6.07 Å². The lowest BCUT2D eigenvalue weighted by atomic mass is 9.98. The number of piperazine rings is 1. The maximum Gasteiger partial charge on any atom is 0.247 e. The number of hydrogen-bond acceptors (Lipinski definition) is 6. The van der Waals surface area contributed by atoms with Crippen molar-refractivity contribution in [3.8, 4) is 0 Å². The van der Waals surface area contributed by atoms with Gasteiger partial charge in [-0.25, -0.2) is 9.97 Å². The minimum Gasteiger partial charge on any atom is -0.377 e. The molecule has 0 saturated carbocycles. The zero-order valence-electron chi connectivity index (χ0n) is 13.3. The molecule has 1 aliphatic heterocycles. The van der Waals surface area contributed by atoms with E-state index in [1.165, 1.54) is 0 Å². The number of amides is 1. The molecule has 0 aliphatic carbocycles. The predicted molar refractivity (Wildman–Crippen MR) is 81.4 cm³/mol. The smallest absolute Gasteiger partial charge is 0.247 e. The van der Waals surface area contributed by atoms with Crippen molar-refractivity contribution in [2.45, 2.75) is 26.0 Å². The highest BCUT2D eigenvalue weighted by molar-refractivity contribution is 5.90. The van der Waals surface area contributed by atoms with E-state index in [4.69, 9.17) is 4.74 Å². The number of anilines is 2. The second kappa shape index (κ2) is 5.85. The Morgan fingerprint density at radius 3 is 2.71 bits per heavy atom. The van der Waals surface area contributed by atoms with Gasteiger partial charge in [0.05, 0.1) is 0 Å². The van der Waals surface area contributed by atoms with Gasteiger partial charge >= 0.3 is 0 Å². The third kappa shape index (κ3) is 2.92. The molecule has 21 heavy (non-hydrogen) atoms. The van der Waals surface area contributed by atoms with Crippen LogP contribution in [0.2, 0.25) is 0 Å². The lowest BCUT2D eigenvalue weighted by Crippen LogP contribution is -2.62. The van der Waals surface area contributed by atoms with Crippen molar-refractivity contribution < 1.29 is 9.53 Å². The average Bonchev–Trinajstić information content (AvgIpc) is 2.45. The normalized spacial score (nSPS) is 18.0. The second-order valence-corrected chi connectivity index (χ2v) is 5.65. The van der Waals surface area contributed by atoms with Crippen molar-refractivity contribution in [2.75, 3.05) is 44.5 Å². The third-order valence-electron chi connectivity index (χ3n) is 3.77. The van der Waals surface area contributed by atoms with Crippen molar-refractivity contribution in [3.63, 3.8) is 0 Å². The molecule has 7 heteroatoms. The molecule has 0 unspecified atom stereocenters. The van der Waals surface area contributed by atoms with Crippen LogP contribution < -0.4 is 10.2 Å². The molecule has 1 aromatic heterocycles. The van der Waals surface area contributed by atoms with E-state index in [2.05, 4.69) is 15.3 Å². The molecule has 2 rings (SSSR count). The molecule has 0 aromatic carbocycles. The van der Waals surface area contributed by atoms with Gasteiger partial charge in [-0.3, -0.25) is 4.79 Å². The van der Waals surface area contributed by atoms with Crippen molar-refractivity contribution in [1.82, 2.24) is 14.9 Å². The van der Waals surface area contributed by atoms with E-state index in [9.17, 15) is 4.79 Å². The summed E-state index contributed by atoms with van der Waals surface area (Å²) in [6.07, 6.45) is 0. The maximum absolute atomic E-state index is 12.4. The quantitative estimate of drug-likeness (QED) is 0.882. The topological polar surface area (TPSA) is 70.6 Å². The minimum atomic E-state index is -0.628. The number of hydrogen-bond donors (Lipinski definition) is 1. The van der Waals surface area contributed by atoms with Crippen LogP contribution >= 0.6 is 0 Å². The van der Waals surface area contributed by atoms with Crippen LogP contribution in [0.1, 0.15) is 19.7 Å². The molecule has 2 heterocycles. The first-order valence-electron chi connectivity index (χ1n) is 6.98. The Morgan fingerprint density at radius 2 is 2.10 bits per heavy atom. The summed E-state index contributed by atoms with van der Waals surface area (Å²) in [5.41, 5.74) is -0.628. The Labute approximate surface area is 125 Å². The molecule has 0 atom stereocenters. The monoisotopic (exact) mass is 293 g/mol. The van der Waals surface area contributed by atoms with Crippen LogP contribution in [0, 0.1) is 0 Å². The largest absolute Gasteiger partial charge is 0.377 e. The molecule has 0 spiro atoms. The number of rotatable bonds is 4. The molecule has 0 radical (unpaired) electrons. The first-order chi connectivity index (χ1) is 9.90. The molecule has 0 bridgehead atoms. The summed E-state index contributed by atoms with van der Waals surface area (Å²) in [7, 11) is 5.25. The zero-order valence-corrected chi connectivity index (χ0v) is 13.3. The maximum atomic E-state index is 12.4. The first kappa shape index (κ1) is 15.5. The molecule has 1 N–H and O–H groups in total. The standard InChI is InChI=1S/C14H23N5O2/c1-14(2)13(20)18(4)6-7-19(14)12-8-10(15-3)16-11(17-12)9-21-5/h8H,6-7,9H2,1-5H3,(H,15,16,17). The molecule has 116 valence electrons. The number of carbonyl (C=O) groups is 1. The Kier molecular flexibility index (Phi) is 4.32. The van der Waals surface area contributed by atoms with Crippen LogP contribution in [0.4, 0.5) is 11.6 Å². The van der Waals surface area contributed by atoms with E-state index in [-0.39, 0.29) is 5.91 Å². The Bertz CT molecular complexity index is 532. The van der Waals surface area contributed by atoms with E-state index in [1.807, 2.05) is 38.9 Å². The minimum absolute atomic E-state index is 0.0895. The lowest BCUT2D eigenvalue weighted by molar-refractivity contribution is -0.136. The Morgan fingerprint density at radius 1 is 1.38 bits per heavy atom. The molecule has 1 fully saturated rings. The lowest BCUT2D eigenvalue weighted by Gasteiger charge is -2.45.